The van der Waals surface area contributed by atoms with Gasteiger partial charge in [-0.25, -0.2) is 0 Å². The highest BCUT2D eigenvalue weighted by molar-refractivity contribution is 5.32. The zero-order valence-electron chi connectivity index (χ0n) is 8.81. The normalized spacial score (nSPS) is 14.7. The minimum Gasteiger partial charge on any atom is -0.490 e. The third kappa shape index (κ3) is 3.51. The van der Waals surface area contributed by atoms with E-state index in [1.165, 1.54) is 0 Å². The highest BCUT2D eigenvalue weighted by atomic mass is 16.5. The van der Waals surface area contributed by atoms with Crippen molar-refractivity contribution in [2.24, 2.45) is 5.73 Å². The van der Waals surface area contributed by atoms with Crippen molar-refractivity contribution < 1.29 is 14.9 Å². The zero-order chi connectivity index (χ0) is 11.3. The van der Waals surface area contributed by atoms with Crippen molar-refractivity contribution in [3.05, 3.63) is 29.8 Å². The van der Waals surface area contributed by atoms with Crippen LogP contribution in [0.1, 0.15) is 12.5 Å². The lowest BCUT2D eigenvalue weighted by Gasteiger charge is -2.22. The molecule has 1 aromatic carbocycles. The molecule has 0 saturated heterocycles. The molecule has 0 radical (unpaired) electrons. The molecule has 4 nitrogen and oxygen atoms in total. The fourth-order valence-electron chi connectivity index (χ4n) is 1.07. The molecule has 1 rings (SSSR count). The Labute approximate surface area is 89.3 Å². The summed E-state index contributed by atoms with van der Waals surface area (Å²) in [7, 11) is 0. The van der Waals surface area contributed by atoms with E-state index < -0.39 is 5.60 Å². The third-order valence-corrected chi connectivity index (χ3v) is 2.12. The predicted octanol–water partition coefficient (Wildman–Crippen LogP) is 0.267. The molecule has 0 spiro atoms. The van der Waals surface area contributed by atoms with Gasteiger partial charge in [-0.3, -0.25) is 0 Å². The number of para-hydroxylation sites is 1. The van der Waals surface area contributed by atoms with E-state index in [4.69, 9.17) is 15.6 Å². The van der Waals surface area contributed by atoms with Crippen molar-refractivity contribution in [3.8, 4) is 5.75 Å². The summed E-state index contributed by atoms with van der Waals surface area (Å²) in [5, 5.41) is 18.7. The van der Waals surface area contributed by atoms with Gasteiger partial charge in [-0.2, -0.15) is 0 Å². The first-order valence-corrected chi connectivity index (χ1v) is 4.83. The van der Waals surface area contributed by atoms with E-state index in [9.17, 15) is 5.11 Å². The largest absolute Gasteiger partial charge is 0.490 e. The molecule has 0 aliphatic heterocycles. The summed E-state index contributed by atoms with van der Waals surface area (Å²) in [6, 6.07) is 7.15. The number of ether oxygens (including phenoxy) is 1. The van der Waals surface area contributed by atoms with E-state index in [0.717, 1.165) is 0 Å². The van der Waals surface area contributed by atoms with E-state index in [2.05, 4.69) is 0 Å². The van der Waals surface area contributed by atoms with Crippen LogP contribution in [0, 0.1) is 0 Å². The Morgan fingerprint density at radius 1 is 1.40 bits per heavy atom. The van der Waals surface area contributed by atoms with Crippen molar-refractivity contribution in [2.45, 2.75) is 19.1 Å². The molecule has 0 saturated carbocycles. The molecule has 0 aliphatic rings. The maximum absolute atomic E-state index is 9.64. The smallest absolute Gasteiger partial charge is 0.124 e. The van der Waals surface area contributed by atoms with Crippen LogP contribution in [0.5, 0.6) is 5.75 Å². The van der Waals surface area contributed by atoms with Crippen LogP contribution >= 0.6 is 0 Å². The number of rotatable bonds is 5. The fraction of sp³-hybridized carbons (Fsp3) is 0.455. The van der Waals surface area contributed by atoms with Gasteiger partial charge < -0.3 is 20.7 Å². The SMILES string of the molecule is CC(O)(CN)COc1ccccc1CO. The van der Waals surface area contributed by atoms with Crippen molar-refractivity contribution in [3.63, 3.8) is 0 Å². The number of nitrogens with two attached hydrogens (primary N) is 1. The van der Waals surface area contributed by atoms with E-state index in [0.29, 0.717) is 11.3 Å². The molecule has 15 heavy (non-hydrogen) atoms. The average molecular weight is 211 g/mol. The molecule has 0 aliphatic carbocycles. The Kier molecular flexibility index (Phi) is 4.08. The van der Waals surface area contributed by atoms with Crippen LogP contribution in [-0.2, 0) is 6.61 Å². The Bertz CT molecular complexity index is 312. The standard InChI is InChI=1S/C11H17NO3/c1-11(14,7-12)8-15-10-5-3-2-4-9(10)6-13/h2-5,13-14H,6-8,12H2,1H3. The second kappa shape index (κ2) is 5.11. The van der Waals surface area contributed by atoms with Gasteiger partial charge >= 0.3 is 0 Å². The minimum atomic E-state index is -1.04. The lowest BCUT2D eigenvalue weighted by molar-refractivity contribution is 0.0189. The maximum atomic E-state index is 9.64. The summed E-state index contributed by atoms with van der Waals surface area (Å²) in [5.41, 5.74) is 5.02. The summed E-state index contributed by atoms with van der Waals surface area (Å²) >= 11 is 0. The van der Waals surface area contributed by atoms with Crippen LogP contribution in [0.4, 0.5) is 0 Å². The molecular weight excluding hydrogens is 194 g/mol. The zero-order valence-corrected chi connectivity index (χ0v) is 8.81. The van der Waals surface area contributed by atoms with Gasteiger partial charge in [0, 0.05) is 12.1 Å². The van der Waals surface area contributed by atoms with Gasteiger partial charge in [0.2, 0.25) is 0 Å². The molecule has 0 heterocycles. The summed E-state index contributed by atoms with van der Waals surface area (Å²) in [4.78, 5) is 0. The third-order valence-electron chi connectivity index (χ3n) is 2.12. The van der Waals surface area contributed by atoms with Crippen LogP contribution < -0.4 is 10.5 Å². The molecule has 1 aromatic rings. The summed E-state index contributed by atoms with van der Waals surface area (Å²) < 4.78 is 5.39. The maximum Gasteiger partial charge on any atom is 0.124 e. The Morgan fingerprint density at radius 2 is 2.07 bits per heavy atom. The number of benzene rings is 1. The van der Waals surface area contributed by atoms with Crippen molar-refractivity contribution in [2.75, 3.05) is 13.2 Å². The van der Waals surface area contributed by atoms with Crippen LogP contribution in [0.2, 0.25) is 0 Å². The van der Waals surface area contributed by atoms with Gasteiger partial charge in [-0.1, -0.05) is 18.2 Å². The average Bonchev–Trinajstić information content (AvgIpc) is 2.27. The van der Waals surface area contributed by atoms with Crippen LogP contribution in [-0.4, -0.2) is 29.0 Å². The minimum absolute atomic E-state index is 0.0824. The number of aliphatic hydroxyl groups excluding tert-OH is 1. The summed E-state index contributed by atoms with van der Waals surface area (Å²) in [6.07, 6.45) is 0. The monoisotopic (exact) mass is 211 g/mol. The molecule has 0 fully saturated rings. The predicted molar refractivity (Wildman–Crippen MR) is 57.5 cm³/mol. The summed E-state index contributed by atoms with van der Waals surface area (Å²) in [6.45, 7) is 1.77. The van der Waals surface area contributed by atoms with Crippen molar-refractivity contribution in [1.29, 1.82) is 0 Å². The Hall–Kier alpha value is -1.10. The highest BCUT2D eigenvalue weighted by Crippen LogP contribution is 2.18. The van der Waals surface area contributed by atoms with E-state index in [-0.39, 0.29) is 19.8 Å². The number of aliphatic hydroxyl groups is 2. The van der Waals surface area contributed by atoms with Gasteiger partial charge in [-0.15, -0.1) is 0 Å². The number of hydrogen-bond donors (Lipinski definition) is 3. The van der Waals surface area contributed by atoms with E-state index >= 15 is 0 Å². The van der Waals surface area contributed by atoms with Crippen LogP contribution in [0.3, 0.4) is 0 Å². The highest BCUT2D eigenvalue weighted by Gasteiger charge is 2.19. The molecule has 0 aromatic heterocycles. The first-order valence-electron chi connectivity index (χ1n) is 4.83. The topological polar surface area (TPSA) is 75.7 Å². The second-order valence-corrected chi connectivity index (χ2v) is 3.76. The van der Waals surface area contributed by atoms with E-state index in [1.807, 2.05) is 12.1 Å². The second-order valence-electron chi connectivity index (χ2n) is 3.76. The first-order chi connectivity index (χ1) is 7.09. The molecule has 84 valence electrons. The molecular formula is C11H17NO3. The fourth-order valence-corrected chi connectivity index (χ4v) is 1.07. The van der Waals surface area contributed by atoms with Gasteiger partial charge in [0.1, 0.15) is 18.0 Å². The molecule has 4 N–H and O–H groups in total. The Morgan fingerprint density at radius 3 is 2.67 bits per heavy atom. The lowest BCUT2D eigenvalue weighted by atomic mass is 10.1. The Balaban J connectivity index is 2.65. The molecule has 0 bridgehead atoms. The first kappa shape index (κ1) is 12.0. The molecule has 0 amide bonds. The number of hydrogen-bond acceptors (Lipinski definition) is 4. The van der Waals surface area contributed by atoms with Gasteiger partial charge in [0.15, 0.2) is 0 Å². The van der Waals surface area contributed by atoms with Crippen LogP contribution in [0.15, 0.2) is 24.3 Å². The van der Waals surface area contributed by atoms with Crippen molar-refractivity contribution >= 4 is 0 Å². The van der Waals surface area contributed by atoms with Crippen molar-refractivity contribution in [1.82, 2.24) is 0 Å². The van der Waals surface area contributed by atoms with Gasteiger partial charge in [0.05, 0.1) is 6.61 Å². The quantitative estimate of drug-likeness (QED) is 0.653. The van der Waals surface area contributed by atoms with Gasteiger partial charge in [0.25, 0.3) is 0 Å². The molecule has 1 unspecified atom stereocenters. The summed E-state index contributed by atoms with van der Waals surface area (Å²) in [5.74, 6) is 0.578. The van der Waals surface area contributed by atoms with Crippen LogP contribution in [0.25, 0.3) is 0 Å². The van der Waals surface area contributed by atoms with Gasteiger partial charge in [-0.05, 0) is 13.0 Å². The molecule has 4 heteroatoms. The lowest BCUT2D eigenvalue weighted by Crippen LogP contribution is -2.40. The molecule has 1 atom stereocenters. The van der Waals surface area contributed by atoms with E-state index in [1.54, 1.807) is 19.1 Å².